The number of halogens is 1. The van der Waals surface area contributed by atoms with E-state index in [4.69, 9.17) is 5.11 Å². The smallest absolute Gasteiger partial charge is 0.218 e. The lowest BCUT2D eigenvalue weighted by Gasteiger charge is -2.38. The first-order chi connectivity index (χ1) is 10.3. The van der Waals surface area contributed by atoms with Crippen molar-refractivity contribution in [3.63, 3.8) is 0 Å². The van der Waals surface area contributed by atoms with Gasteiger partial charge >= 0.3 is 0 Å². The monoisotopic (exact) mass is 330 g/mol. The summed E-state index contributed by atoms with van der Waals surface area (Å²) in [5.41, 5.74) is 0.973. The minimum absolute atomic E-state index is 0.0403. The predicted octanol–water partition coefficient (Wildman–Crippen LogP) is 0.962. The Kier molecular flexibility index (Phi) is 5.55. The fraction of sp³-hybridized carbons (Fsp3) is 0.600. The van der Waals surface area contributed by atoms with Crippen LogP contribution >= 0.6 is 0 Å². The van der Waals surface area contributed by atoms with Crippen molar-refractivity contribution in [3.8, 4) is 0 Å². The summed E-state index contributed by atoms with van der Waals surface area (Å²) in [6.07, 6.45) is 0. The average Bonchev–Trinajstić information content (AvgIpc) is 2.44. The summed E-state index contributed by atoms with van der Waals surface area (Å²) in [6.45, 7) is 5.63. The van der Waals surface area contributed by atoms with Gasteiger partial charge in [-0.1, -0.05) is 12.1 Å². The van der Waals surface area contributed by atoms with Crippen LogP contribution in [0.25, 0.3) is 0 Å². The first-order valence-electron chi connectivity index (χ1n) is 7.41. The van der Waals surface area contributed by atoms with Crippen LogP contribution in [0, 0.1) is 12.7 Å². The molecule has 0 aliphatic carbocycles. The first-order valence-corrected chi connectivity index (χ1v) is 9.02. The van der Waals surface area contributed by atoms with Gasteiger partial charge in [-0.2, -0.15) is 4.31 Å². The fourth-order valence-corrected chi connectivity index (χ4v) is 4.34. The molecule has 1 unspecified atom stereocenters. The highest BCUT2D eigenvalue weighted by Gasteiger charge is 2.31. The van der Waals surface area contributed by atoms with Gasteiger partial charge < -0.3 is 5.11 Å². The highest BCUT2D eigenvalue weighted by molar-refractivity contribution is 7.88. The van der Waals surface area contributed by atoms with Gasteiger partial charge in [-0.05, 0) is 25.5 Å². The molecule has 1 aliphatic rings. The number of hydrogen-bond donors (Lipinski definition) is 1. The summed E-state index contributed by atoms with van der Waals surface area (Å²) in [5, 5.41) is 8.99. The lowest BCUT2D eigenvalue weighted by atomic mass is 10.2. The molecular formula is C15H23FN2O3S. The number of sulfonamides is 1. The first kappa shape index (κ1) is 17.3. The minimum atomic E-state index is -3.54. The number of nitrogens with zero attached hydrogens (tertiary/aromatic N) is 2. The zero-order chi connectivity index (χ0) is 16.3. The van der Waals surface area contributed by atoms with Crippen LogP contribution in [0.3, 0.4) is 0 Å². The third-order valence-electron chi connectivity index (χ3n) is 4.05. The molecule has 0 spiro atoms. The van der Waals surface area contributed by atoms with Gasteiger partial charge in [0.15, 0.2) is 0 Å². The number of benzene rings is 1. The summed E-state index contributed by atoms with van der Waals surface area (Å²) < 4.78 is 40.3. The molecule has 5 nitrogen and oxygen atoms in total. The van der Waals surface area contributed by atoms with Gasteiger partial charge in [-0.25, -0.2) is 12.8 Å². The topological polar surface area (TPSA) is 60.9 Å². The molecule has 0 saturated carbocycles. The van der Waals surface area contributed by atoms with Crippen molar-refractivity contribution in [3.05, 3.63) is 35.1 Å². The van der Waals surface area contributed by atoms with Crippen LogP contribution in [0.2, 0.25) is 0 Å². The normalized spacial score (nSPS) is 21.2. The summed E-state index contributed by atoms with van der Waals surface area (Å²) in [4.78, 5) is 2.05. The van der Waals surface area contributed by atoms with Crippen LogP contribution in [-0.4, -0.2) is 61.6 Å². The average molecular weight is 330 g/mol. The molecule has 1 heterocycles. The number of aryl methyl sites for hydroxylation is 1. The number of β-amino-alcohol motifs (C(OH)–C–C–N with tert-alkyl or cyclic N) is 1. The van der Waals surface area contributed by atoms with Crippen LogP contribution < -0.4 is 0 Å². The van der Waals surface area contributed by atoms with E-state index < -0.39 is 15.8 Å². The highest BCUT2D eigenvalue weighted by atomic mass is 32.2. The van der Waals surface area contributed by atoms with Gasteiger partial charge in [0.05, 0.1) is 12.4 Å². The van der Waals surface area contributed by atoms with E-state index in [2.05, 4.69) is 4.90 Å². The molecular weight excluding hydrogens is 307 g/mol. The van der Waals surface area contributed by atoms with E-state index in [0.717, 1.165) is 5.56 Å². The SMILES string of the molecule is Cc1ccc(CS(=O)(=O)N2CCN(CCO)C(C)C2)c(F)c1. The van der Waals surface area contributed by atoms with Crippen LogP contribution in [0.4, 0.5) is 4.39 Å². The Morgan fingerprint density at radius 3 is 2.68 bits per heavy atom. The van der Waals surface area contributed by atoms with Crippen molar-refractivity contribution in [1.82, 2.24) is 9.21 Å². The van der Waals surface area contributed by atoms with Crippen molar-refractivity contribution in [2.75, 3.05) is 32.8 Å². The highest BCUT2D eigenvalue weighted by Crippen LogP contribution is 2.19. The van der Waals surface area contributed by atoms with E-state index in [0.29, 0.717) is 26.2 Å². The Balaban J connectivity index is 2.08. The van der Waals surface area contributed by atoms with E-state index in [1.54, 1.807) is 13.0 Å². The molecule has 0 aromatic heterocycles. The molecule has 0 radical (unpaired) electrons. The maximum Gasteiger partial charge on any atom is 0.218 e. The quantitative estimate of drug-likeness (QED) is 0.874. The summed E-state index contributed by atoms with van der Waals surface area (Å²) in [5.74, 6) is -0.790. The Bertz CT molecular complexity index is 621. The third kappa shape index (κ3) is 4.04. The molecule has 0 amide bonds. The molecule has 1 aromatic carbocycles. The molecule has 7 heteroatoms. The lowest BCUT2D eigenvalue weighted by molar-refractivity contribution is 0.104. The van der Waals surface area contributed by atoms with E-state index in [-0.39, 0.29) is 24.0 Å². The van der Waals surface area contributed by atoms with E-state index in [9.17, 15) is 12.8 Å². The van der Waals surface area contributed by atoms with Crippen molar-refractivity contribution in [2.24, 2.45) is 0 Å². The maximum atomic E-state index is 13.9. The van der Waals surface area contributed by atoms with Crippen LogP contribution in [0.1, 0.15) is 18.1 Å². The zero-order valence-corrected chi connectivity index (χ0v) is 13.8. The Morgan fingerprint density at radius 2 is 2.09 bits per heavy atom. The summed E-state index contributed by atoms with van der Waals surface area (Å²) in [6, 6.07) is 4.65. The van der Waals surface area contributed by atoms with Crippen molar-refractivity contribution in [1.29, 1.82) is 0 Å². The molecule has 1 aliphatic heterocycles. The molecule has 1 aromatic rings. The van der Waals surface area contributed by atoms with Gasteiger partial charge in [0.2, 0.25) is 10.0 Å². The standard InChI is InChI=1S/C15H23FN2O3S/c1-12-3-4-14(15(16)9-12)11-22(20,21)18-6-5-17(7-8-19)13(2)10-18/h3-4,9,13,19H,5-8,10-11H2,1-2H3. The van der Waals surface area contributed by atoms with Crippen LogP contribution in [0.15, 0.2) is 18.2 Å². The van der Waals surface area contributed by atoms with Gasteiger partial charge in [-0.3, -0.25) is 4.90 Å². The summed E-state index contributed by atoms with van der Waals surface area (Å²) >= 11 is 0. The second-order valence-electron chi connectivity index (χ2n) is 5.82. The predicted molar refractivity (Wildman–Crippen MR) is 83.5 cm³/mol. The minimum Gasteiger partial charge on any atom is -0.395 e. The molecule has 1 N–H and O–H groups in total. The molecule has 22 heavy (non-hydrogen) atoms. The maximum absolute atomic E-state index is 13.9. The molecule has 1 fully saturated rings. The van der Waals surface area contributed by atoms with Crippen LogP contribution in [0.5, 0.6) is 0 Å². The Morgan fingerprint density at radius 1 is 1.36 bits per heavy atom. The number of hydrogen-bond acceptors (Lipinski definition) is 4. The Labute approximate surface area is 131 Å². The van der Waals surface area contributed by atoms with E-state index >= 15 is 0 Å². The van der Waals surface area contributed by atoms with Gasteiger partial charge in [-0.15, -0.1) is 0 Å². The lowest BCUT2D eigenvalue weighted by Crippen LogP contribution is -2.54. The van der Waals surface area contributed by atoms with E-state index in [1.165, 1.54) is 16.4 Å². The zero-order valence-electron chi connectivity index (χ0n) is 13.0. The Hall–Kier alpha value is -1.02. The molecule has 124 valence electrons. The number of piperazine rings is 1. The van der Waals surface area contributed by atoms with Crippen molar-refractivity contribution >= 4 is 10.0 Å². The van der Waals surface area contributed by atoms with Gasteiger partial charge in [0, 0.05) is 37.8 Å². The molecule has 1 saturated heterocycles. The van der Waals surface area contributed by atoms with Gasteiger partial charge in [0.1, 0.15) is 5.82 Å². The molecule has 0 bridgehead atoms. The second kappa shape index (κ2) is 7.04. The molecule has 2 rings (SSSR count). The summed E-state index contributed by atoms with van der Waals surface area (Å²) in [7, 11) is -3.54. The number of rotatable bonds is 5. The van der Waals surface area contributed by atoms with Crippen LogP contribution in [-0.2, 0) is 15.8 Å². The molecule has 1 atom stereocenters. The second-order valence-corrected chi connectivity index (χ2v) is 7.79. The third-order valence-corrected chi connectivity index (χ3v) is 5.85. The van der Waals surface area contributed by atoms with Crippen molar-refractivity contribution < 1.29 is 17.9 Å². The van der Waals surface area contributed by atoms with E-state index in [1.807, 2.05) is 6.92 Å². The number of aliphatic hydroxyl groups is 1. The van der Waals surface area contributed by atoms with Gasteiger partial charge in [0.25, 0.3) is 0 Å². The largest absolute Gasteiger partial charge is 0.395 e. The fourth-order valence-electron chi connectivity index (χ4n) is 2.73. The van der Waals surface area contributed by atoms with Crippen molar-refractivity contribution in [2.45, 2.75) is 25.6 Å². The number of aliphatic hydroxyl groups excluding tert-OH is 1.